The second-order valence-electron chi connectivity index (χ2n) is 7.58. The summed E-state index contributed by atoms with van der Waals surface area (Å²) in [6.07, 6.45) is 7.51. The van der Waals surface area contributed by atoms with E-state index in [1.54, 1.807) is 14.2 Å². The zero-order valence-corrected chi connectivity index (χ0v) is 15.4. The molecule has 25 heavy (non-hydrogen) atoms. The molecule has 2 fully saturated rings. The van der Waals surface area contributed by atoms with E-state index in [-0.39, 0.29) is 5.41 Å². The lowest BCUT2D eigenvalue weighted by Gasteiger charge is -2.32. The Kier molecular flexibility index (Phi) is 4.59. The van der Waals surface area contributed by atoms with Gasteiger partial charge in [0, 0.05) is 23.6 Å². The van der Waals surface area contributed by atoms with Crippen molar-refractivity contribution in [2.24, 2.45) is 10.5 Å². The SMILES string of the molecule is COc1ccc(C2=NN(C3CCNCC3)CC23CCCC3)cc1OC. The van der Waals surface area contributed by atoms with Crippen LogP contribution in [-0.2, 0) is 0 Å². The molecule has 1 N–H and O–H groups in total. The summed E-state index contributed by atoms with van der Waals surface area (Å²) in [6.45, 7) is 3.30. The van der Waals surface area contributed by atoms with E-state index in [4.69, 9.17) is 14.6 Å². The first-order chi connectivity index (χ1) is 12.3. The monoisotopic (exact) mass is 343 g/mol. The minimum Gasteiger partial charge on any atom is -0.493 e. The van der Waals surface area contributed by atoms with Gasteiger partial charge in [-0.15, -0.1) is 0 Å². The van der Waals surface area contributed by atoms with Crippen LogP contribution in [0.4, 0.5) is 0 Å². The number of hydrazone groups is 1. The quantitative estimate of drug-likeness (QED) is 0.913. The fourth-order valence-corrected chi connectivity index (χ4v) is 4.76. The second kappa shape index (κ2) is 6.87. The van der Waals surface area contributed by atoms with Crippen LogP contribution >= 0.6 is 0 Å². The zero-order valence-electron chi connectivity index (χ0n) is 15.4. The molecule has 0 radical (unpaired) electrons. The van der Waals surface area contributed by atoms with E-state index in [0.717, 1.165) is 31.1 Å². The summed E-state index contributed by atoms with van der Waals surface area (Å²) in [5.74, 6) is 1.57. The highest BCUT2D eigenvalue weighted by molar-refractivity contribution is 6.06. The van der Waals surface area contributed by atoms with Gasteiger partial charge >= 0.3 is 0 Å². The predicted octanol–water partition coefficient (Wildman–Crippen LogP) is 3.04. The first-order valence-corrected chi connectivity index (χ1v) is 9.55. The lowest BCUT2D eigenvalue weighted by molar-refractivity contribution is 0.152. The molecule has 1 aliphatic carbocycles. The number of rotatable bonds is 4. The molecule has 0 atom stereocenters. The highest BCUT2D eigenvalue weighted by Crippen LogP contribution is 2.47. The zero-order chi connectivity index (χ0) is 17.3. The lowest BCUT2D eigenvalue weighted by atomic mass is 9.78. The maximum Gasteiger partial charge on any atom is 0.161 e. The van der Waals surface area contributed by atoms with Crippen LogP contribution in [0.15, 0.2) is 23.3 Å². The summed E-state index contributed by atoms with van der Waals surface area (Å²) in [7, 11) is 3.38. The van der Waals surface area contributed by atoms with Crippen molar-refractivity contribution >= 4 is 5.71 Å². The summed E-state index contributed by atoms with van der Waals surface area (Å²) in [5, 5.41) is 11.0. The van der Waals surface area contributed by atoms with E-state index in [0.29, 0.717) is 6.04 Å². The van der Waals surface area contributed by atoms with E-state index >= 15 is 0 Å². The van der Waals surface area contributed by atoms with Crippen molar-refractivity contribution in [3.63, 3.8) is 0 Å². The number of ether oxygens (including phenoxy) is 2. The molecule has 0 aromatic heterocycles. The van der Waals surface area contributed by atoms with Crippen molar-refractivity contribution in [2.75, 3.05) is 33.9 Å². The van der Waals surface area contributed by atoms with E-state index in [9.17, 15) is 0 Å². The Hall–Kier alpha value is -1.75. The molecule has 1 saturated heterocycles. The summed E-state index contributed by atoms with van der Waals surface area (Å²) in [4.78, 5) is 0. The molecule has 0 amide bonds. The molecule has 0 unspecified atom stereocenters. The van der Waals surface area contributed by atoms with E-state index in [2.05, 4.69) is 22.5 Å². The summed E-state index contributed by atoms with van der Waals surface area (Å²) in [5.41, 5.74) is 2.69. The average Bonchev–Trinajstić information content (AvgIpc) is 3.29. The van der Waals surface area contributed by atoms with Gasteiger partial charge in [0.1, 0.15) is 0 Å². The minimum atomic E-state index is 0.227. The van der Waals surface area contributed by atoms with Crippen LogP contribution < -0.4 is 14.8 Å². The largest absolute Gasteiger partial charge is 0.493 e. The number of benzene rings is 1. The Morgan fingerprint density at radius 2 is 1.80 bits per heavy atom. The molecule has 5 nitrogen and oxygen atoms in total. The van der Waals surface area contributed by atoms with Gasteiger partial charge in [0.25, 0.3) is 0 Å². The summed E-state index contributed by atoms with van der Waals surface area (Å²) >= 11 is 0. The van der Waals surface area contributed by atoms with Gasteiger partial charge in [-0.05, 0) is 57.0 Å². The maximum atomic E-state index is 5.53. The fourth-order valence-electron chi connectivity index (χ4n) is 4.76. The van der Waals surface area contributed by atoms with Crippen LogP contribution in [0.3, 0.4) is 0 Å². The number of methoxy groups -OCH3 is 2. The van der Waals surface area contributed by atoms with Gasteiger partial charge in [-0.1, -0.05) is 12.8 Å². The second-order valence-corrected chi connectivity index (χ2v) is 7.58. The van der Waals surface area contributed by atoms with Gasteiger partial charge in [-0.3, -0.25) is 5.01 Å². The van der Waals surface area contributed by atoms with Crippen molar-refractivity contribution in [1.29, 1.82) is 0 Å². The molecular weight excluding hydrogens is 314 g/mol. The molecule has 136 valence electrons. The first-order valence-electron chi connectivity index (χ1n) is 9.55. The van der Waals surface area contributed by atoms with Crippen LogP contribution in [0.5, 0.6) is 11.5 Å². The molecule has 3 aliphatic rings. The van der Waals surface area contributed by atoms with E-state index in [1.807, 2.05) is 6.07 Å². The highest BCUT2D eigenvalue weighted by Gasteiger charge is 2.46. The van der Waals surface area contributed by atoms with Crippen molar-refractivity contribution in [3.8, 4) is 11.5 Å². The van der Waals surface area contributed by atoms with E-state index < -0.39 is 0 Å². The number of nitrogens with zero attached hydrogens (tertiary/aromatic N) is 2. The van der Waals surface area contributed by atoms with Crippen LogP contribution in [0.25, 0.3) is 0 Å². The normalized spacial score (nSPS) is 23.1. The summed E-state index contributed by atoms with van der Waals surface area (Å²) < 4.78 is 10.9. The smallest absolute Gasteiger partial charge is 0.161 e. The Balaban J connectivity index is 1.68. The van der Waals surface area contributed by atoms with Gasteiger partial charge in [0.15, 0.2) is 11.5 Å². The molecule has 2 heterocycles. The molecule has 2 aliphatic heterocycles. The van der Waals surface area contributed by atoms with Crippen LogP contribution in [0.2, 0.25) is 0 Å². The van der Waals surface area contributed by atoms with Gasteiger partial charge in [0.2, 0.25) is 0 Å². The van der Waals surface area contributed by atoms with Crippen molar-refractivity contribution in [2.45, 2.75) is 44.6 Å². The Morgan fingerprint density at radius 3 is 2.48 bits per heavy atom. The summed E-state index contributed by atoms with van der Waals surface area (Å²) in [6, 6.07) is 6.83. The van der Waals surface area contributed by atoms with Crippen molar-refractivity contribution in [1.82, 2.24) is 10.3 Å². The molecule has 1 aromatic rings. The molecule has 1 saturated carbocycles. The average molecular weight is 343 g/mol. The molecule has 1 spiro atoms. The lowest BCUT2D eigenvalue weighted by Crippen LogP contribution is -2.42. The maximum absolute atomic E-state index is 5.53. The van der Waals surface area contributed by atoms with Crippen LogP contribution in [0.1, 0.15) is 44.1 Å². The third-order valence-electron chi connectivity index (χ3n) is 6.14. The van der Waals surface area contributed by atoms with Gasteiger partial charge < -0.3 is 14.8 Å². The third-order valence-corrected chi connectivity index (χ3v) is 6.14. The van der Waals surface area contributed by atoms with Crippen molar-refractivity contribution < 1.29 is 9.47 Å². The standard InChI is InChI=1S/C20H29N3O2/c1-24-17-6-5-15(13-18(17)25-2)19-20(9-3-4-10-20)14-23(22-19)16-7-11-21-12-8-16/h5-6,13,16,21H,3-4,7-12,14H2,1-2H3. The first kappa shape index (κ1) is 16.7. The number of hydrogen-bond acceptors (Lipinski definition) is 5. The van der Waals surface area contributed by atoms with Gasteiger partial charge in [0.05, 0.1) is 19.9 Å². The molecule has 4 rings (SSSR count). The molecular formula is C20H29N3O2. The van der Waals surface area contributed by atoms with Crippen molar-refractivity contribution in [3.05, 3.63) is 23.8 Å². The van der Waals surface area contributed by atoms with Crippen LogP contribution in [0, 0.1) is 5.41 Å². The number of piperidine rings is 1. The minimum absolute atomic E-state index is 0.227. The predicted molar refractivity (Wildman–Crippen MR) is 99.6 cm³/mol. The topological polar surface area (TPSA) is 46.1 Å². The van der Waals surface area contributed by atoms with Crippen LogP contribution in [-0.4, -0.2) is 50.6 Å². The number of hydrogen-bond donors (Lipinski definition) is 1. The molecule has 0 bridgehead atoms. The molecule has 5 heteroatoms. The highest BCUT2D eigenvalue weighted by atomic mass is 16.5. The Labute approximate surface area is 150 Å². The Bertz CT molecular complexity index is 646. The number of nitrogens with one attached hydrogen (secondary N) is 1. The molecule has 1 aromatic carbocycles. The fraction of sp³-hybridized carbons (Fsp3) is 0.650. The van der Waals surface area contributed by atoms with Gasteiger partial charge in [-0.25, -0.2) is 0 Å². The van der Waals surface area contributed by atoms with Gasteiger partial charge in [-0.2, -0.15) is 5.10 Å². The van der Waals surface area contributed by atoms with E-state index in [1.165, 1.54) is 49.8 Å². The third kappa shape index (κ3) is 2.99. The Morgan fingerprint density at radius 1 is 1.08 bits per heavy atom.